The Bertz CT molecular complexity index is 158. The SMILES string of the molecule is C[C@H]1CC(=O)C[C@H](C)[Si]1(C)C. The zero-order valence-electron chi connectivity index (χ0n) is 7.98. The molecule has 0 N–H and O–H groups in total. The Morgan fingerprint density at radius 3 is 1.91 bits per heavy atom. The van der Waals surface area contributed by atoms with Crippen LogP contribution >= 0.6 is 0 Å². The van der Waals surface area contributed by atoms with Crippen molar-refractivity contribution in [1.82, 2.24) is 0 Å². The molecule has 0 amide bonds. The molecule has 11 heavy (non-hydrogen) atoms. The molecule has 0 aromatic rings. The molecule has 1 rings (SSSR count). The van der Waals surface area contributed by atoms with E-state index in [1.165, 1.54) is 0 Å². The van der Waals surface area contributed by atoms with Gasteiger partial charge in [0.05, 0.1) is 8.07 Å². The summed E-state index contributed by atoms with van der Waals surface area (Å²) in [6.45, 7) is 9.32. The first kappa shape index (κ1) is 8.98. The van der Waals surface area contributed by atoms with Gasteiger partial charge in [-0.3, -0.25) is 4.79 Å². The topological polar surface area (TPSA) is 17.1 Å². The molecule has 1 saturated heterocycles. The van der Waals surface area contributed by atoms with Crippen molar-refractivity contribution >= 4 is 13.9 Å². The Morgan fingerprint density at radius 2 is 1.55 bits per heavy atom. The van der Waals surface area contributed by atoms with Gasteiger partial charge in [-0.05, 0) is 11.1 Å². The number of carbonyl (C=O) groups is 1. The maximum Gasteiger partial charge on any atom is 0.132 e. The van der Waals surface area contributed by atoms with Crippen molar-refractivity contribution in [3.63, 3.8) is 0 Å². The lowest BCUT2D eigenvalue weighted by atomic mass is 10.1. The molecule has 1 nitrogen and oxygen atoms in total. The molecule has 64 valence electrons. The molecular weight excluding hydrogens is 152 g/mol. The van der Waals surface area contributed by atoms with Crippen molar-refractivity contribution < 1.29 is 4.79 Å². The largest absolute Gasteiger partial charge is 0.300 e. The summed E-state index contributed by atoms with van der Waals surface area (Å²) in [5.74, 6) is 0.483. The van der Waals surface area contributed by atoms with Crippen molar-refractivity contribution in [2.75, 3.05) is 0 Å². The third kappa shape index (κ3) is 1.56. The fraction of sp³-hybridized carbons (Fsp3) is 0.889. The standard InChI is InChI=1S/C9H18OSi/c1-7-5-9(10)6-8(2)11(7,3)4/h7-8H,5-6H2,1-4H3/t7-,8-/m0/s1. The average molecular weight is 170 g/mol. The van der Waals surface area contributed by atoms with Crippen LogP contribution in [-0.4, -0.2) is 13.9 Å². The highest BCUT2D eigenvalue weighted by Crippen LogP contribution is 2.41. The van der Waals surface area contributed by atoms with Crippen LogP contribution in [0.2, 0.25) is 24.2 Å². The molecule has 0 spiro atoms. The molecule has 1 fully saturated rings. The predicted octanol–water partition coefficient (Wildman–Crippen LogP) is 2.84. The normalized spacial score (nSPS) is 37.3. The summed E-state index contributed by atoms with van der Waals surface area (Å²) in [7, 11) is -1.06. The van der Waals surface area contributed by atoms with E-state index in [2.05, 4.69) is 26.9 Å². The van der Waals surface area contributed by atoms with Crippen LogP contribution in [0.1, 0.15) is 26.7 Å². The Kier molecular flexibility index (Phi) is 2.24. The van der Waals surface area contributed by atoms with Crippen LogP contribution in [0, 0.1) is 0 Å². The lowest BCUT2D eigenvalue weighted by Crippen LogP contribution is -2.41. The predicted molar refractivity (Wildman–Crippen MR) is 50.6 cm³/mol. The number of carbonyl (C=O) groups excluding carboxylic acids is 1. The molecule has 0 unspecified atom stereocenters. The summed E-state index contributed by atoms with van der Waals surface area (Å²) in [5.41, 5.74) is 1.39. The van der Waals surface area contributed by atoms with Gasteiger partial charge in [0, 0.05) is 12.8 Å². The number of Topliss-reactive ketones (excluding diaryl/α,β-unsaturated/α-hetero) is 1. The summed E-state index contributed by atoms with van der Waals surface area (Å²) in [4.78, 5) is 11.2. The summed E-state index contributed by atoms with van der Waals surface area (Å²) in [6, 6.07) is 0. The van der Waals surface area contributed by atoms with E-state index >= 15 is 0 Å². The molecule has 0 saturated carbocycles. The fourth-order valence-corrected chi connectivity index (χ4v) is 4.26. The van der Waals surface area contributed by atoms with Gasteiger partial charge in [0.1, 0.15) is 5.78 Å². The fourth-order valence-electron chi connectivity index (χ4n) is 1.78. The lowest BCUT2D eigenvalue weighted by molar-refractivity contribution is -0.119. The summed E-state index contributed by atoms with van der Waals surface area (Å²) in [6.07, 6.45) is 1.70. The molecule has 0 bridgehead atoms. The third-order valence-corrected chi connectivity index (χ3v) is 9.10. The number of hydrogen-bond donors (Lipinski definition) is 0. The van der Waals surface area contributed by atoms with E-state index in [1.54, 1.807) is 0 Å². The second-order valence-electron chi connectivity index (χ2n) is 4.57. The third-order valence-electron chi connectivity index (χ3n) is 3.61. The van der Waals surface area contributed by atoms with E-state index < -0.39 is 8.07 Å². The highest BCUT2D eigenvalue weighted by molar-refractivity contribution is 6.80. The van der Waals surface area contributed by atoms with E-state index in [-0.39, 0.29) is 0 Å². The first-order chi connectivity index (χ1) is 4.94. The Labute approximate surface area is 70.2 Å². The second-order valence-corrected chi connectivity index (χ2v) is 10.2. The quantitative estimate of drug-likeness (QED) is 0.511. The molecular formula is C9H18OSi. The van der Waals surface area contributed by atoms with E-state index in [1.807, 2.05) is 0 Å². The van der Waals surface area contributed by atoms with Gasteiger partial charge in [0.25, 0.3) is 0 Å². The number of hydrogen-bond acceptors (Lipinski definition) is 1. The van der Waals surface area contributed by atoms with Gasteiger partial charge in [-0.1, -0.05) is 26.9 Å². The highest BCUT2D eigenvalue weighted by atomic mass is 28.3. The number of ketones is 1. The maximum atomic E-state index is 11.2. The van der Waals surface area contributed by atoms with Gasteiger partial charge >= 0.3 is 0 Å². The molecule has 1 aliphatic heterocycles. The van der Waals surface area contributed by atoms with Crippen molar-refractivity contribution in [3.8, 4) is 0 Å². The zero-order valence-corrected chi connectivity index (χ0v) is 8.98. The van der Waals surface area contributed by atoms with E-state index in [4.69, 9.17) is 0 Å². The van der Waals surface area contributed by atoms with Crippen molar-refractivity contribution in [3.05, 3.63) is 0 Å². The summed E-state index contributed by atoms with van der Waals surface area (Å²) in [5, 5.41) is 0. The Hall–Kier alpha value is -0.113. The van der Waals surface area contributed by atoms with Gasteiger partial charge in [-0.15, -0.1) is 0 Å². The molecule has 1 heterocycles. The van der Waals surface area contributed by atoms with E-state index in [9.17, 15) is 4.79 Å². The van der Waals surface area contributed by atoms with Crippen LogP contribution in [0.5, 0.6) is 0 Å². The molecule has 0 radical (unpaired) electrons. The van der Waals surface area contributed by atoms with Gasteiger partial charge in [-0.2, -0.15) is 0 Å². The summed E-state index contributed by atoms with van der Waals surface area (Å²) < 4.78 is 0. The molecule has 2 heteroatoms. The Morgan fingerprint density at radius 1 is 1.18 bits per heavy atom. The van der Waals surface area contributed by atoms with Crippen LogP contribution in [0.25, 0.3) is 0 Å². The molecule has 1 aliphatic rings. The van der Waals surface area contributed by atoms with Crippen molar-refractivity contribution in [2.45, 2.75) is 50.9 Å². The van der Waals surface area contributed by atoms with Gasteiger partial charge in [0.2, 0.25) is 0 Å². The minimum Gasteiger partial charge on any atom is -0.300 e. The molecule has 0 aromatic carbocycles. The van der Waals surface area contributed by atoms with Crippen LogP contribution in [0.4, 0.5) is 0 Å². The number of rotatable bonds is 0. The van der Waals surface area contributed by atoms with Crippen LogP contribution < -0.4 is 0 Å². The minimum absolute atomic E-state index is 0.483. The van der Waals surface area contributed by atoms with E-state index in [0.29, 0.717) is 16.9 Å². The van der Waals surface area contributed by atoms with E-state index in [0.717, 1.165) is 12.8 Å². The van der Waals surface area contributed by atoms with Crippen LogP contribution in [0.3, 0.4) is 0 Å². The lowest BCUT2D eigenvalue weighted by Gasteiger charge is -2.39. The second kappa shape index (κ2) is 2.74. The molecule has 2 atom stereocenters. The maximum absolute atomic E-state index is 11.2. The minimum atomic E-state index is -1.06. The van der Waals surface area contributed by atoms with Crippen LogP contribution in [0.15, 0.2) is 0 Å². The summed E-state index contributed by atoms with van der Waals surface area (Å²) >= 11 is 0. The average Bonchev–Trinajstić information content (AvgIpc) is 1.84. The first-order valence-corrected chi connectivity index (χ1v) is 7.61. The van der Waals surface area contributed by atoms with Gasteiger partial charge in [0.15, 0.2) is 0 Å². The first-order valence-electron chi connectivity index (χ1n) is 4.46. The van der Waals surface area contributed by atoms with Gasteiger partial charge < -0.3 is 0 Å². The van der Waals surface area contributed by atoms with Gasteiger partial charge in [-0.25, -0.2) is 0 Å². The van der Waals surface area contributed by atoms with Crippen molar-refractivity contribution in [2.24, 2.45) is 0 Å². The monoisotopic (exact) mass is 170 g/mol. The Balaban J connectivity index is 2.75. The molecule has 0 aromatic heterocycles. The smallest absolute Gasteiger partial charge is 0.132 e. The highest BCUT2D eigenvalue weighted by Gasteiger charge is 2.39. The van der Waals surface area contributed by atoms with Crippen molar-refractivity contribution in [1.29, 1.82) is 0 Å². The zero-order chi connectivity index (χ0) is 8.65. The van der Waals surface area contributed by atoms with Crippen LogP contribution in [-0.2, 0) is 4.79 Å². The molecule has 0 aliphatic carbocycles.